The average molecular weight is 316 g/mol. The summed E-state index contributed by atoms with van der Waals surface area (Å²) >= 11 is 0. The summed E-state index contributed by atoms with van der Waals surface area (Å²) in [6.45, 7) is 7.15. The zero-order chi connectivity index (χ0) is 17.1. The molecule has 0 unspecified atom stereocenters. The normalized spacial score (nSPS) is 9.96. The van der Waals surface area contributed by atoms with Crippen LogP contribution in [0.4, 0.5) is 14.5 Å². The largest absolute Gasteiger partial charge is 0.507 e. The number of amides is 1. The van der Waals surface area contributed by atoms with Crippen molar-refractivity contribution < 1.29 is 18.7 Å². The van der Waals surface area contributed by atoms with Crippen LogP contribution in [0.25, 0.3) is 16.0 Å². The van der Waals surface area contributed by atoms with Gasteiger partial charge in [-0.25, -0.2) is 13.6 Å². The van der Waals surface area contributed by atoms with Gasteiger partial charge in [-0.15, -0.1) is 0 Å². The van der Waals surface area contributed by atoms with Crippen LogP contribution in [0.5, 0.6) is 5.75 Å². The molecule has 0 spiro atoms. The molecule has 0 saturated heterocycles. The highest BCUT2D eigenvalue weighted by atomic mass is 19.1. The lowest BCUT2D eigenvalue weighted by Crippen LogP contribution is -2.24. The fourth-order valence-corrected chi connectivity index (χ4v) is 2.05. The van der Waals surface area contributed by atoms with E-state index >= 15 is 0 Å². The van der Waals surface area contributed by atoms with E-state index in [0.29, 0.717) is 6.07 Å². The molecule has 0 aliphatic heterocycles. The molecular weight excluding hydrogens is 306 g/mol. The molecule has 0 fully saturated rings. The highest BCUT2D eigenvalue weighted by Gasteiger charge is 2.22. The predicted octanol–water partition coefficient (Wildman–Crippen LogP) is 2.30. The average Bonchev–Trinajstić information content (AvgIpc) is 2.44. The number of hydrogen-bond donors (Lipinski definition) is 3. The van der Waals surface area contributed by atoms with E-state index in [1.165, 1.54) is 6.07 Å². The van der Waals surface area contributed by atoms with Crippen molar-refractivity contribution >= 4 is 17.6 Å². The number of phenols is 1. The first-order valence-corrected chi connectivity index (χ1v) is 6.17. The molecule has 0 aliphatic carbocycles. The lowest BCUT2D eigenvalue weighted by Gasteiger charge is -2.12. The number of aromatic hydroxyl groups is 1. The minimum atomic E-state index is -1.03. The van der Waals surface area contributed by atoms with E-state index in [4.69, 9.17) is 18.0 Å². The van der Waals surface area contributed by atoms with E-state index in [1.807, 2.05) is 0 Å². The van der Waals surface area contributed by atoms with Gasteiger partial charge in [-0.2, -0.15) is 4.99 Å². The fourth-order valence-electron chi connectivity index (χ4n) is 2.05. The van der Waals surface area contributed by atoms with Gasteiger partial charge in [0.25, 0.3) is 5.91 Å². The molecular formula is C15H10F2N4O2. The summed E-state index contributed by atoms with van der Waals surface area (Å²) in [5, 5.41) is 9.93. The smallest absolute Gasteiger partial charge is 0.283 e. The van der Waals surface area contributed by atoms with Crippen molar-refractivity contribution in [3.8, 4) is 16.9 Å². The SMILES string of the molecule is [C-]#[N+]c1ccc(O)c(C(=O)N=C(N)N)c1-c1cc(F)cc(F)c1. The first-order valence-electron chi connectivity index (χ1n) is 6.17. The maximum atomic E-state index is 13.5. The Labute approximate surface area is 129 Å². The quantitative estimate of drug-likeness (QED) is 0.449. The third-order valence-electron chi connectivity index (χ3n) is 2.88. The van der Waals surface area contributed by atoms with Gasteiger partial charge in [-0.1, -0.05) is 6.07 Å². The zero-order valence-electron chi connectivity index (χ0n) is 11.5. The van der Waals surface area contributed by atoms with Crippen molar-refractivity contribution in [1.82, 2.24) is 0 Å². The molecule has 0 aromatic heterocycles. The Morgan fingerprint density at radius 1 is 1.17 bits per heavy atom. The summed E-state index contributed by atoms with van der Waals surface area (Å²) in [6, 6.07) is 4.81. The van der Waals surface area contributed by atoms with Crippen molar-refractivity contribution in [3.63, 3.8) is 0 Å². The number of phenolic OH excluding ortho intramolecular Hbond substituents is 1. The van der Waals surface area contributed by atoms with Crippen LogP contribution in [0.3, 0.4) is 0 Å². The molecule has 0 radical (unpaired) electrons. The summed E-state index contributed by atoms with van der Waals surface area (Å²) in [6.07, 6.45) is 0. The monoisotopic (exact) mass is 316 g/mol. The lowest BCUT2D eigenvalue weighted by atomic mass is 9.96. The van der Waals surface area contributed by atoms with Crippen molar-refractivity contribution in [2.24, 2.45) is 16.5 Å². The van der Waals surface area contributed by atoms with Crippen LogP contribution in [-0.2, 0) is 0 Å². The molecule has 1 amide bonds. The topological polar surface area (TPSA) is 106 Å². The number of nitrogens with zero attached hydrogens (tertiary/aromatic N) is 2. The van der Waals surface area contributed by atoms with Crippen molar-refractivity contribution in [3.05, 3.63) is 58.9 Å². The molecule has 116 valence electrons. The Balaban J connectivity index is 2.85. The summed E-state index contributed by atoms with van der Waals surface area (Å²) < 4.78 is 26.9. The maximum Gasteiger partial charge on any atom is 0.283 e. The van der Waals surface area contributed by atoms with Crippen LogP contribution < -0.4 is 11.5 Å². The van der Waals surface area contributed by atoms with E-state index in [0.717, 1.165) is 18.2 Å². The number of guanidine groups is 1. The Hall–Kier alpha value is -3.47. The molecule has 0 saturated carbocycles. The number of nitrogens with two attached hydrogens (primary N) is 2. The third kappa shape index (κ3) is 3.24. The van der Waals surface area contributed by atoms with Gasteiger partial charge in [0.05, 0.1) is 12.1 Å². The summed E-state index contributed by atoms with van der Waals surface area (Å²) in [4.78, 5) is 18.6. The highest BCUT2D eigenvalue weighted by molar-refractivity contribution is 6.10. The van der Waals surface area contributed by atoms with Gasteiger partial charge in [-0.05, 0) is 23.8 Å². The molecule has 0 bridgehead atoms. The highest BCUT2D eigenvalue weighted by Crippen LogP contribution is 2.39. The van der Waals surface area contributed by atoms with Gasteiger partial charge in [0.2, 0.25) is 0 Å². The Bertz CT molecular complexity index is 848. The first kappa shape index (κ1) is 15.9. The molecule has 0 aliphatic rings. The second-order valence-corrected chi connectivity index (χ2v) is 4.47. The van der Waals surface area contributed by atoms with Crippen LogP contribution in [0.15, 0.2) is 35.3 Å². The number of carbonyl (C=O) groups excluding carboxylic acids is 1. The van der Waals surface area contributed by atoms with E-state index < -0.39 is 34.8 Å². The van der Waals surface area contributed by atoms with E-state index in [1.54, 1.807) is 0 Å². The van der Waals surface area contributed by atoms with Crippen molar-refractivity contribution in [1.29, 1.82) is 0 Å². The Morgan fingerprint density at radius 2 is 1.78 bits per heavy atom. The van der Waals surface area contributed by atoms with Gasteiger partial charge in [-0.3, -0.25) is 4.79 Å². The number of halogens is 2. The number of rotatable bonds is 2. The molecule has 0 atom stereocenters. The molecule has 2 aromatic rings. The van der Waals surface area contributed by atoms with Crippen molar-refractivity contribution in [2.75, 3.05) is 0 Å². The summed E-state index contributed by atoms with van der Waals surface area (Å²) in [5.74, 6) is -3.92. The molecule has 2 rings (SSSR count). The van der Waals surface area contributed by atoms with Crippen LogP contribution in [-0.4, -0.2) is 17.0 Å². The predicted molar refractivity (Wildman–Crippen MR) is 79.9 cm³/mol. The van der Waals surface area contributed by atoms with Crippen LogP contribution >= 0.6 is 0 Å². The van der Waals surface area contributed by atoms with Gasteiger partial charge in [0, 0.05) is 11.6 Å². The lowest BCUT2D eigenvalue weighted by molar-refractivity contribution is 0.100. The zero-order valence-corrected chi connectivity index (χ0v) is 11.5. The van der Waals surface area contributed by atoms with E-state index in [2.05, 4.69) is 9.84 Å². The second-order valence-electron chi connectivity index (χ2n) is 4.47. The van der Waals surface area contributed by atoms with Crippen LogP contribution in [0.1, 0.15) is 10.4 Å². The molecule has 0 heterocycles. The third-order valence-corrected chi connectivity index (χ3v) is 2.88. The molecule has 23 heavy (non-hydrogen) atoms. The second kappa shape index (κ2) is 6.11. The van der Waals surface area contributed by atoms with E-state index in [9.17, 15) is 18.7 Å². The van der Waals surface area contributed by atoms with Crippen LogP contribution in [0, 0.1) is 18.2 Å². The Kier molecular flexibility index (Phi) is 4.23. The number of hydrogen-bond acceptors (Lipinski definition) is 2. The van der Waals surface area contributed by atoms with Gasteiger partial charge in [0.1, 0.15) is 17.4 Å². The Morgan fingerprint density at radius 3 is 2.30 bits per heavy atom. The standard InChI is InChI=1S/C15H10F2N4O2/c1-20-10-2-3-11(22)13(14(23)21-15(18)19)12(10)7-4-8(16)6-9(17)5-7/h2-6,22H,(H4,18,19,21,23). The molecule has 8 heteroatoms. The van der Waals surface area contributed by atoms with Gasteiger partial charge in [0.15, 0.2) is 11.6 Å². The number of benzene rings is 2. The molecule has 5 N–H and O–H groups in total. The summed E-state index contributed by atoms with van der Waals surface area (Å²) in [5.41, 5.74) is 9.49. The minimum Gasteiger partial charge on any atom is -0.507 e. The molecule has 6 nitrogen and oxygen atoms in total. The fraction of sp³-hybridized carbons (Fsp3) is 0. The van der Waals surface area contributed by atoms with Gasteiger partial charge < -0.3 is 16.6 Å². The number of carbonyl (C=O) groups is 1. The van der Waals surface area contributed by atoms with Crippen LogP contribution in [0.2, 0.25) is 0 Å². The molecule has 2 aromatic carbocycles. The summed E-state index contributed by atoms with van der Waals surface area (Å²) in [7, 11) is 0. The number of aliphatic imine (C=N–C) groups is 1. The maximum absolute atomic E-state index is 13.5. The minimum absolute atomic E-state index is 0.0954. The van der Waals surface area contributed by atoms with Crippen molar-refractivity contribution in [2.45, 2.75) is 0 Å². The van der Waals surface area contributed by atoms with Gasteiger partial charge >= 0.3 is 0 Å². The first-order chi connectivity index (χ1) is 10.8. The van der Waals surface area contributed by atoms with E-state index in [-0.39, 0.29) is 16.8 Å².